The summed E-state index contributed by atoms with van der Waals surface area (Å²) in [5.74, 6) is -1.31. The maximum Gasteiger partial charge on any atom is 0.355 e. The highest BCUT2D eigenvalue weighted by Crippen LogP contribution is 2.27. The molecular weight excluding hydrogens is 372 g/mol. The number of carbonyl (C=O) groups excluding carboxylic acids is 3. The van der Waals surface area contributed by atoms with E-state index in [-0.39, 0.29) is 17.2 Å². The zero-order chi connectivity index (χ0) is 20.8. The Kier molecular flexibility index (Phi) is 6.49. The van der Waals surface area contributed by atoms with Gasteiger partial charge in [-0.15, -0.1) is 0 Å². The predicted octanol–water partition coefficient (Wildman–Crippen LogP) is 2.80. The molecule has 0 aliphatic carbocycles. The predicted molar refractivity (Wildman–Crippen MR) is 108 cm³/mol. The Morgan fingerprint density at radius 2 is 1.52 bits per heavy atom. The monoisotopic (exact) mass is 396 g/mol. The second-order valence-electron chi connectivity index (χ2n) is 6.72. The molecule has 29 heavy (non-hydrogen) atoms. The number of ether oxygens (including phenoxy) is 2. The van der Waals surface area contributed by atoms with E-state index < -0.39 is 11.9 Å². The lowest BCUT2D eigenvalue weighted by Gasteiger charge is -2.27. The number of nitrogens with zero attached hydrogens (tertiary/aromatic N) is 2. The van der Waals surface area contributed by atoms with Crippen molar-refractivity contribution in [3.05, 3.63) is 65.5 Å². The fourth-order valence-electron chi connectivity index (χ4n) is 3.41. The van der Waals surface area contributed by atoms with Gasteiger partial charge in [-0.25, -0.2) is 9.59 Å². The van der Waals surface area contributed by atoms with Crippen LogP contribution in [0.2, 0.25) is 0 Å². The molecule has 0 spiro atoms. The van der Waals surface area contributed by atoms with Gasteiger partial charge in [-0.1, -0.05) is 6.08 Å². The van der Waals surface area contributed by atoms with Gasteiger partial charge in [0.1, 0.15) is 5.70 Å². The molecule has 2 aliphatic heterocycles. The van der Waals surface area contributed by atoms with E-state index in [1.165, 1.54) is 20.3 Å². The van der Waals surface area contributed by atoms with Crippen LogP contribution in [0.3, 0.4) is 0 Å². The Morgan fingerprint density at radius 3 is 2.14 bits per heavy atom. The van der Waals surface area contributed by atoms with E-state index in [9.17, 15) is 14.4 Å². The SMILES string of the molecule is COC(=O)C1=C(C(=O)OC)N(c2ccc(C(=O)N3CCCCC3)cc2)C=CC=C1. The summed E-state index contributed by atoms with van der Waals surface area (Å²) in [6.45, 7) is 1.55. The topological polar surface area (TPSA) is 76.2 Å². The van der Waals surface area contributed by atoms with E-state index in [2.05, 4.69) is 0 Å². The molecule has 7 heteroatoms. The highest BCUT2D eigenvalue weighted by molar-refractivity contribution is 6.05. The minimum atomic E-state index is -0.671. The van der Waals surface area contributed by atoms with Crippen molar-refractivity contribution in [1.29, 1.82) is 0 Å². The lowest BCUT2D eigenvalue weighted by molar-refractivity contribution is -0.139. The first-order valence-corrected chi connectivity index (χ1v) is 9.51. The van der Waals surface area contributed by atoms with E-state index in [1.54, 1.807) is 47.5 Å². The molecule has 2 aliphatic rings. The first kappa shape index (κ1) is 20.4. The van der Waals surface area contributed by atoms with Gasteiger partial charge in [0.25, 0.3) is 5.91 Å². The summed E-state index contributed by atoms with van der Waals surface area (Å²) in [4.78, 5) is 40.8. The Balaban J connectivity index is 1.94. The molecule has 2 heterocycles. The van der Waals surface area contributed by atoms with Crippen LogP contribution >= 0.6 is 0 Å². The van der Waals surface area contributed by atoms with Crippen molar-refractivity contribution in [3.8, 4) is 0 Å². The first-order chi connectivity index (χ1) is 14.1. The van der Waals surface area contributed by atoms with Gasteiger partial charge >= 0.3 is 11.9 Å². The summed E-state index contributed by atoms with van der Waals surface area (Å²) in [5, 5.41) is 0. The molecular formula is C22H24N2O5. The largest absolute Gasteiger partial charge is 0.465 e. The molecule has 152 valence electrons. The fourth-order valence-corrected chi connectivity index (χ4v) is 3.41. The summed E-state index contributed by atoms with van der Waals surface area (Å²) in [6.07, 6.45) is 9.71. The normalized spacial score (nSPS) is 16.5. The number of rotatable bonds is 4. The quantitative estimate of drug-likeness (QED) is 0.729. The summed E-state index contributed by atoms with van der Waals surface area (Å²) < 4.78 is 9.70. The van der Waals surface area contributed by atoms with Gasteiger partial charge < -0.3 is 19.3 Å². The van der Waals surface area contributed by atoms with Crippen molar-refractivity contribution >= 4 is 23.5 Å². The van der Waals surface area contributed by atoms with Crippen LogP contribution in [0.25, 0.3) is 0 Å². The molecule has 1 saturated heterocycles. The molecule has 1 aromatic carbocycles. The smallest absolute Gasteiger partial charge is 0.355 e. The first-order valence-electron chi connectivity index (χ1n) is 9.51. The van der Waals surface area contributed by atoms with Gasteiger partial charge in [0, 0.05) is 30.5 Å². The minimum Gasteiger partial charge on any atom is -0.465 e. The van der Waals surface area contributed by atoms with Crippen LogP contribution in [0, 0.1) is 0 Å². The second kappa shape index (κ2) is 9.23. The molecule has 0 radical (unpaired) electrons. The van der Waals surface area contributed by atoms with E-state index in [1.807, 2.05) is 4.90 Å². The average Bonchev–Trinajstić information content (AvgIpc) is 3.01. The summed E-state index contributed by atoms with van der Waals surface area (Å²) in [6, 6.07) is 6.94. The highest BCUT2D eigenvalue weighted by atomic mass is 16.5. The summed E-state index contributed by atoms with van der Waals surface area (Å²) >= 11 is 0. The Bertz CT molecular complexity index is 877. The molecule has 7 nitrogen and oxygen atoms in total. The van der Waals surface area contributed by atoms with Crippen LogP contribution < -0.4 is 4.90 Å². The molecule has 0 N–H and O–H groups in total. The van der Waals surface area contributed by atoms with E-state index in [4.69, 9.17) is 9.47 Å². The van der Waals surface area contributed by atoms with E-state index in [0.717, 1.165) is 32.4 Å². The van der Waals surface area contributed by atoms with Crippen LogP contribution in [-0.2, 0) is 19.1 Å². The number of allylic oxidation sites excluding steroid dienone is 2. The standard InChI is InChI=1S/C22H24N2O5/c1-28-21(26)18-8-4-7-15-24(19(18)22(27)29-2)17-11-9-16(10-12-17)20(25)23-13-5-3-6-14-23/h4,7-12,15H,3,5-6,13-14H2,1-2H3. The third kappa shape index (κ3) is 4.39. The molecule has 0 atom stereocenters. The molecule has 0 saturated carbocycles. The molecule has 1 aromatic rings. The Labute approximate surface area is 169 Å². The highest BCUT2D eigenvalue weighted by Gasteiger charge is 2.27. The molecule has 1 amide bonds. The van der Waals surface area contributed by atoms with Crippen LogP contribution in [0.15, 0.2) is 60.0 Å². The van der Waals surface area contributed by atoms with Gasteiger partial charge in [-0.3, -0.25) is 4.79 Å². The lowest BCUT2D eigenvalue weighted by Crippen LogP contribution is -2.35. The minimum absolute atomic E-state index is 0.00306. The molecule has 1 fully saturated rings. The van der Waals surface area contributed by atoms with Crippen LogP contribution in [0.1, 0.15) is 29.6 Å². The lowest BCUT2D eigenvalue weighted by atomic mass is 10.1. The van der Waals surface area contributed by atoms with Gasteiger partial charge in [0.15, 0.2) is 0 Å². The van der Waals surface area contributed by atoms with E-state index >= 15 is 0 Å². The maximum absolute atomic E-state index is 12.7. The number of hydrogen-bond acceptors (Lipinski definition) is 6. The van der Waals surface area contributed by atoms with Crippen molar-refractivity contribution in [2.24, 2.45) is 0 Å². The molecule has 0 unspecified atom stereocenters. The number of carbonyl (C=O) groups is 3. The summed E-state index contributed by atoms with van der Waals surface area (Å²) in [7, 11) is 2.50. The summed E-state index contributed by atoms with van der Waals surface area (Å²) in [5.41, 5.74) is 1.32. The van der Waals surface area contributed by atoms with Crippen molar-refractivity contribution in [2.75, 3.05) is 32.2 Å². The number of anilines is 1. The maximum atomic E-state index is 12.7. The number of hydrogen-bond donors (Lipinski definition) is 0. The van der Waals surface area contributed by atoms with Crippen molar-refractivity contribution in [2.45, 2.75) is 19.3 Å². The third-order valence-corrected chi connectivity index (χ3v) is 4.92. The number of benzene rings is 1. The van der Waals surface area contributed by atoms with Gasteiger partial charge in [-0.05, 0) is 55.7 Å². The number of esters is 2. The Morgan fingerprint density at radius 1 is 0.862 bits per heavy atom. The van der Waals surface area contributed by atoms with E-state index in [0.29, 0.717) is 11.3 Å². The van der Waals surface area contributed by atoms with Crippen LogP contribution in [-0.4, -0.2) is 50.1 Å². The number of piperidine rings is 1. The molecule has 0 aromatic heterocycles. The van der Waals surface area contributed by atoms with Crippen LogP contribution in [0.5, 0.6) is 0 Å². The molecule has 3 rings (SSSR count). The zero-order valence-corrected chi connectivity index (χ0v) is 16.6. The fraction of sp³-hybridized carbons (Fsp3) is 0.318. The van der Waals surface area contributed by atoms with Gasteiger partial charge in [0.05, 0.1) is 19.8 Å². The van der Waals surface area contributed by atoms with Crippen molar-refractivity contribution in [3.63, 3.8) is 0 Å². The third-order valence-electron chi connectivity index (χ3n) is 4.92. The second-order valence-corrected chi connectivity index (χ2v) is 6.72. The van der Waals surface area contributed by atoms with Crippen molar-refractivity contribution in [1.82, 2.24) is 4.90 Å². The van der Waals surface area contributed by atoms with Crippen LogP contribution in [0.4, 0.5) is 5.69 Å². The number of likely N-dealkylation sites (tertiary alicyclic amines) is 1. The average molecular weight is 396 g/mol. The Hall–Kier alpha value is -3.35. The van der Waals surface area contributed by atoms with Gasteiger partial charge in [-0.2, -0.15) is 0 Å². The zero-order valence-electron chi connectivity index (χ0n) is 16.6. The number of amides is 1. The van der Waals surface area contributed by atoms with Crippen molar-refractivity contribution < 1.29 is 23.9 Å². The molecule has 0 bridgehead atoms. The number of methoxy groups -OCH3 is 2. The van der Waals surface area contributed by atoms with Gasteiger partial charge in [0.2, 0.25) is 0 Å².